The molecular formula is C29H35ClFN5O2. The van der Waals surface area contributed by atoms with Gasteiger partial charge in [-0.15, -0.1) is 0 Å². The molecule has 202 valence electrons. The average Bonchev–Trinajstić information content (AvgIpc) is 3.33. The zero-order valence-electron chi connectivity index (χ0n) is 22.2. The molecule has 1 N–H and O–H groups in total. The van der Waals surface area contributed by atoms with E-state index in [1.807, 2.05) is 38.4 Å². The van der Waals surface area contributed by atoms with Gasteiger partial charge in [0.05, 0.1) is 30.4 Å². The Labute approximate surface area is 227 Å². The maximum atomic E-state index is 14.5. The number of nitrogens with one attached hydrogen (secondary N) is 1. The van der Waals surface area contributed by atoms with Crippen LogP contribution in [0.4, 0.5) is 10.2 Å². The number of fused-ring (bicyclic) bond motifs is 1. The molecule has 2 aliphatic heterocycles. The number of hydrogen-bond acceptors (Lipinski definition) is 5. The number of carbonyl (C=O) groups excluding carboxylic acids is 1. The fraction of sp³-hybridized carbons (Fsp3) is 0.552. The summed E-state index contributed by atoms with van der Waals surface area (Å²) in [6, 6.07) is 8.04. The third-order valence-corrected chi connectivity index (χ3v) is 9.42. The van der Waals surface area contributed by atoms with E-state index in [9.17, 15) is 9.18 Å². The van der Waals surface area contributed by atoms with Gasteiger partial charge in [0.15, 0.2) is 0 Å². The van der Waals surface area contributed by atoms with Crippen molar-refractivity contribution in [2.75, 3.05) is 31.6 Å². The first-order valence-electron chi connectivity index (χ1n) is 13.6. The number of alkyl halides is 1. The van der Waals surface area contributed by atoms with E-state index >= 15 is 0 Å². The van der Waals surface area contributed by atoms with E-state index in [2.05, 4.69) is 33.3 Å². The molecule has 1 saturated carbocycles. The normalized spacial score (nSPS) is 30.1. The van der Waals surface area contributed by atoms with Crippen LogP contribution in [0.3, 0.4) is 0 Å². The summed E-state index contributed by atoms with van der Waals surface area (Å²) in [6.45, 7) is 6.35. The van der Waals surface area contributed by atoms with Crippen LogP contribution in [0.25, 0.3) is 10.8 Å². The van der Waals surface area contributed by atoms with Crippen LogP contribution in [0.5, 0.6) is 0 Å². The Morgan fingerprint density at radius 3 is 2.71 bits per heavy atom. The number of pyridine rings is 1. The number of rotatable bonds is 6. The van der Waals surface area contributed by atoms with Crippen LogP contribution < -0.4 is 5.32 Å². The van der Waals surface area contributed by atoms with Gasteiger partial charge in [-0.05, 0) is 79.9 Å². The Morgan fingerprint density at radius 2 is 2.05 bits per heavy atom. The zero-order valence-corrected chi connectivity index (χ0v) is 22.9. The molecule has 1 amide bonds. The van der Waals surface area contributed by atoms with E-state index in [-0.39, 0.29) is 24.3 Å². The number of likely N-dealkylation sites (tertiary alicyclic amines) is 1. The van der Waals surface area contributed by atoms with E-state index in [1.54, 1.807) is 10.9 Å². The Morgan fingerprint density at radius 1 is 1.26 bits per heavy atom. The van der Waals surface area contributed by atoms with Gasteiger partial charge in [0, 0.05) is 35.8 Å². The van der Waals surface area contributed by atoms with E-state index in [0.717, 1.165) is 59.4 Å². The predicted octanol–water partition coefficient (Wildman–Crippen LogP) is 5.31. The summed E-state index contributed by atoms with van der Waals surface area (Å²) in [6.07, 6.45) is 5.50. The summed E-state index contributed by atoms with van der Waals surface area (Å²) in [5.41, 5.74) is 1.55. The van der Waals surface area contributed by atoms with Crippen molar-refractivity contribution in [3.05, 3.63) is 52.9 Å². The number of anilines is 1. The van der Waals surface area contributed by atoms with Crippen molar-refractivity contribution in [1.29, 1.82) is 0 Å². The SMILES string of the molecule is CCC1C(C(=O)Nc2cc3cc(C4CCN(C5(C)COCC5F)CC4)c(Cl)cc3cn2)C1c1ccn(C)n1. The van der Waals surface area contributed by atoms with Crippen molar-refractivity contribution >= 4 is 34.1 Å². The lowest BCUT2D eigenvalue weighted by Crippen LogP contribution is -2.55. The van der Waals surface area contributed by atoms with E-state index in [1.165, 1.54) is 0 Å². The molecule has 38 heavy (non-hydrogen) atoms. The maximum Gasteiger partial charge on any atom is 0.229 e. The van der Waals surface area contributed by atoms with Crippen molar-refractivity contribution in [1.82, 2.24) is 19.7 Å². The van der Waals surface area contributed by atoms with E-state index in [0.29, 0.717) is 24.3 Å². The first-order chi connectivity index (χ1) is 18.3. The first kappa shape index (κ1) is 25.7. The lowest BCUT2D eigenvalue weighted by atomic mass is 9.85. The van der Waals surface area contributed by atoms with Gasteiger partial charge in [0.2, 0.25) is 5.91 Å². The van der Waals surface area contributed by atoms with Gasteiger partial charge in [-0.25, -0.2) is 9.37 Å². The highest BCUT2D eigenvalue weighted by Crippen LogP contribution is 2.55. The third-order valence-electron chi connectivity index (χ3n) is 9.10. The third kappa shape index (κ3) is 4.50. The monoisotopic (exact) mass is 539 g/mol. The molecule has 4 heterocycles. The molecule has 3 aromatic rings. The number of nitrogens with zero attached hydrogens (tertiary/aromatic N) is 4. The Balaban J connectivity index is 1.16. The van der Waals surface area contributed by atoms with Crippen LogP contribution in [0.1, 0.15) is 56.2 Å². The molecule has 2 aromatic heterocycles. The van der Waals surface area contributed by atoms with Crippen LogP contribution in [-0.4, -0.2) is 63.6 Å². The summed E-state index contributed by atoms with van der Waals surface area (Å²) in [5.74, 6) is 1.21. The minimum absolute atomic E-state index is 0.00327. The molecular weight excluding hydrogens is 505 g/mol. The fourth-order valence-corrected chi connectivity index (χ4v) is 6.98. The van der Waals surface area contributed by atoms with Crippen molar-refractivity contribution in [2.24, 2.45) is 18.9 Å². The van der Waals surface area contributed by atoms with Crippen molar-refractivity contribution < 1.29 is 13.9 Å². The Hall–Kier alpha value is -2.55. The summed E-state index contributed by atoms with van der Waals surface area (Å²) < 4.78 is 21.7. The number of ether oxygens (including phenoxy) is 1. The van der Waals surface area contributed by atoms with Crippen LogP contribution in [0, 0.1) is 11.8 Å². The second kappa shape index (κ2) is 9.88. The second-order valence-electron chi connectivity index (χ2n) is 11.4. The smallest absolute Gasteiger partial charge is 0.229 e. The topological polar surface area (TPSA) is 72.3 Å². The first-order valence-corrected chi connectivity index (χ1v) is 14.0. The second-order valence-corrected chi connectivity index (χ2v) is 11.8. The molecule has 7 nitrogen and oxygen atoms in total. The van der Waals surface area contributed by atoms with Crippen LogP contribution >= 0.6 is 11.6 Å². The van der Waals surface area contributed by atoms with Gasteiger partial charge in [-0.2, -0.15) is 5.10 Å². The van der Waals surface area contributed by atoms with Crippen molar-refractivity contribution in [3.8, 4) is 0 Å². The minimum Gasteiger partial charge on any atom is -0.376 e. The Kier molecular flexibility index (Phi) is 6.69. The van der Waals surface area contributed by atoms with Gasteiger partial charge in [0.1, 0.15) is 12.0 Å². The van der Waals surface area contributed by atoms with Crippen molar-refractivity contribution in [3.63, 3.8) is 0 Å². The summed E-state index contributed by atoms with van der Waals surface area (Å²) in [4.78, 5) is 19.9. The molecule has 3 aliphatic rings. The van der Waals surface area contributed by atoms with Gasteiger partial charge in [0.25, 0.3) is 0 Å². The highest BCUT2D eigenvalue weighted by molar-refractivity contribution is 6.32. The fourth-order valence-electron chi connectivity index (χ4n) is 6.66. The van der Waals surface area contributed by atoms with Gasteiger partial charge in [-0.3, -0.25) is 14.4 Å². The molecule has 9 heteroatoms. The standard InChI is InChI=1S/C29H35ClFN5O2/c1-4-20-26(23-7-8-35(3)34-23)27(20)28(37)33-25-13-18-11-21(22(30)12-19(18)14-32-25)17-5-9-36(10-6-17)29(2)16-38-15-24(29)31/h7-8,11-14,17,20,24,26-27H,4-6,9-10,15-16H2,1-3H3,(H,32,33,37). The molecule has 1 aromatic carbocycles. The number of amides is 1. The molecule has 0 bridgehead atoms. The number of piperidine rings is 1. The minimum atomic E-state index is -0.952. The van der Waals surface area contributed by atoms with Gasteiger partial charge < -0.3 is 10.1 Å². The number of hydrogen-bond donors (Lipinski definition) is 1. The zero-order chi connectivity index (χ0) is 26.6. The highest BCUT2D eigenvalue weighted by Gasteiger charge is 2.55. The number of carbonyl (C=O) groups is 1. The summed E-state index contributed by atoms with van der Waals surface area (Å²) >= 11 is 6.73. The molecule has 5 unspecified atom stereocenters. The Bertz CT molecular complexity index is 1360. The number of aromatic nitrogens is 3. The summed E-state index contributed by atoms with van der Waals surface area (Å²) in [7, 11) is 1.90. The van der Waals surface area contributed by atoms with Gasteiger partial charge >= 0.3 is 0 Å². The van der Waals surface area contributed by atoms with Gasteiger partial charge in [-0.1, -0.05) is 24.9 Å². The van der Waals surface area contributed by atoms with Crippen LogP contribution in [-0.2, 0) is 16.6 Å². The molecule has 6 rings (SSSR count). The lowest BCUT2D eigenvalue weighted by molar-refractivity contribution is -0.117. The summed E-state index contributed by atoms with van der Waals surface area (Å²) in [5, 5.41) is 10.3. The maximum absolute atomic E-state index is 14.5. The quantitative estimate of drug-likeness (QED) is 0.460. The van der Waals surface area contributed by atoms with Crippen LogP contribution in [0.2, 0.25) is 5.02 Å². The number of aryl methyl sites for hydroxylation is 1. The lowest BCUT2D eigenvalue weighted by Gasteiger charge is -2.43. The molecule has 1 aliphatic carbocycles. The molecule has 2 saturated heterocycles. The van der Waals surface area contributed by atoms with Crippen molar-refractivity contribution in [2.45, 2.75) is 56.7 Å². The van der Waals surface area contributed by atoms with Crippen LogP contribution in [0.15, 0.2) is 36.7 Å². The highest BCUT2D eigenvalue weighted by atomic mass is 35.5. The molecule has 0 spiro atoms. The molecule has 0 radical (unpaired) electrons. The average molecular weight is 540 g/mol. The number of benzene rings is 1. The predicted molar refractivity (Wildman–Crippen MR) is 146 cm³/mol. The van der Waals surface area contributed by atoms with E-state index in [4.69, 9.17) is 16.3 Å². The largest absolute Gasteiger partial charge is 0.376 e. The number of halogens is 2. The molecule has 5 atom stereocenters. The van der Waals surface area contributed by atoms with E-state index < -0.39 is 11.7 Å². The molecule has 3 fully saturated rings.